The summed E-state index contributed by atoms with van der Waals surface area (Å²) in [7, 11) is 2.03. The topological polar surface area (TPSA) is 55.4 Å². The van der Waals surface area contributed by atoms with E-state index in [0.29, 0.717) is 12.2 Å². The number of hydrogen-bond acceptors (Lipinski definition) is 3. The number of imidazole rings is 2. The summed E-state index contributed by atoms with van der Waals surface area (Å²) in [5.74, 6) is 1.37. The average Bonchev–Trinajstić information content (AvgIpc) is 3.16. The van der Waals surface area contributed by atoms with Crippen molar-refractivity contribution in [3.8, 4) is 0 Å². The van der Waals surface area contributed by atoms with Crippen LogP contribution in [0.1, 0.15) is 46.3 Å². The van der Waals surface area contributed by atoms with Crippen LogP contribution in [0.15, 0.2) is 30.7 Å². The highest BCUT2D eigenvalue weighted by Crippen LogP contribution is 2.27. The smallest absolute Gasteiger partial charge is 0.274 e. The first kappa shape index (κ1) is 15.9. The number of likely N-dealkylation sites (tertiary alicyclic amines) is 1. The number of fused-ring (bicyclic) bond motifs is 1. The fourth-order valence-corrected chi connectivity index (χ4v) is 3.75. The zero-order valence-electron chi connectivity index (χ0n) is 14.9. The summed E-state index contributed by atoms with van der Waals surface area (Å²) >= 11 is 0. The van der Waals surface area contributed by atoms with Crippen LogP contribution in [0.3, 0.4) is 0 Å². The third kappa shape index (κ3) is 2.92. The zero-order chi connectivity index (χ0) is 17.6. The van der Waals surface area contributed by atoms with Crippen LogP contribution in [0.25, 0.3) is 5.65 Å². The molecule has 0 radical (unpaired) electrons. The van der Waals surface area contributed by atoms with Gasteiger partial charge in [-0.1, -0.05) is 6.07 Å². The van der Waals surface area contributed by atoms with E-state index in [2.05, 4.69) is 14.5 Å². The lowest BCUT2D eigenvalue weighted by Crippen LogP contribution is -2.39. The van der Waals surface area contributed by atoms with Crippen molar-refractivity contribution < 1.29 is 4.79 Å². The number of carbonyl (C=O) groups excluding carboxylic acids is 1. The second-order valence-corrected chi connectivity index (χ2v) is 7.04. The number of pyridine rings is 1. The molecule has 25 heavy (non-hydrogen) atoms. The number of piperidine rings is 1. The van der Waals surface area contributed by atoms with Gasteiger partial charge in [-0.3, -0.25) is 4.79 Å². The summed E-state index contributed by atoms with van der Waals surface area (Å²) in [6.07, 6.45) is 7.93. The maximum atomic E-state index is 12.9. The van der Waals surface area contributed by atoms with Crippen LogP contribution in [0, 0.1) is 13.8 Å². The molecule has 1 saturated heterocycles. The molecule has 0 bridgehead atoms. The fraction of sp³-hybridized carbons (Fsp3) is 0.421. The lowest BCUT2D eigenvalue weighted by molar-refractivity contribution is 0.0698. The van der Waals surface area contributed by atoms with Gasteiger partial charge < -0.3 is 13.9 Å². The molecule has 4 rings (SSSR count). The molecule has 130 valence electrons. The van der Waals surface area contributed by atoms with Crippen LogP contribution in [-0.2, 0) is 7.05 Å². The van der Waals surface area contributed by atoms with Crippen molar-refractivity contribution in [2.45, 2.75) is 32.6 Å². The van der Waals surface area contributed by atoms with Crippen LogP contribution >= 0.6 is 0 Å². The van der Waals surface area contributed by atoms with Gasteiger partial charge in [-0.15, -0.1) is 0 Å². The molecule has 4 heterocycles. The van der Waals surface area contributed by atoms with Crippen LogP contribution in [0.4, 0.5) is 0 Å². The minimum Gasteiger partial charge on any atom is -0.337 e. The molecule has 1 aliphatic rings. The van der Waals surface area contributed by atoms with Crippen LogP contribution in [0.5, 0.6) is 0 Å². The van der Waals surface area contributed by atoms with Crippen molar-refractivity contribution in [3.63, 3.8) is 0 Å². The van der Waals surface area contributed by atoms with E-state index in [1.807, 2.05) is 60.9 Å². The second-order valence-electron chi connectivity index (χ2n) is 7.04. The SMILES string of the molecule is Cc1ccc2nc(C(=O)N3CCCC(c4nc(C)cn4C)C3)cn2c1. The quantitative estimate of drug-likeness (QED) is 0.722. The largest absolute Gasteiger partial charge is 0.337 e. The number of aryl methyl sites for hydroxylation is 3. The Bertz CT molecular complexity index is 939. The van der Waals surface area contributed by atoms with E-state index in [9.17, 15) is 4.79 Å². The molecule has 1 fully saturated rings. The van der Waals surface area contributed by atoms with Gasteiger partial charge in [-0.25, -0.2) is 9.97 Å². The van der Waals surface area contributed by atoms with Crippen molar-refractivity contribution in [2.24, 2.45) is 7.05 Å². The molecule has 0 aliphatic carbocycles. The van der Waals surface area contributed by atoms with Crippen molar-refractivity contribution in [1.82, 2.24) is 23.8 Å². The number of hydrogen-bond donors (Lipinski definition) is 0. The highest BCUT2D eigenvalue weighted by molar-refractivity contribution is 5.93. The first-order chi connectivity index (χ1) is 12.0. The Morgan fingerprint density at radius 1 is 1.16 bits per heavy atom. The number of aromatic nitrogens is 4. The van der Waals surface area contributed by atoms with E-state index < -0.39 is 0 Å². The third-order valence-corrected chi connectivity index (χ3v) is 4.92. The second kappa shape index (κ2) is 6.02. The molecular formula is C19H23N5O. The van der Waals surface area contributed by atoms with Gasteiger partial charge in [0.2, 0.25) is 0 Å². The van der Waals surface area contributed by atoms with Crippen molar-refractivity contribution >= 4 is 11.6 Å². The van der Waals surface area contributed by atoms with Crippen LogP contribution in [0.2, 0.25) is 0 Å². The van der Waals surface area contributed by atoms with Gasteiger partial charge in [0, 0.05) is 44.6 Å². The van der Waals surface area contributed by atoms with Gasteiger partial charge in [0.05, 0.1) is 5.69 Å². The lowest BCUT2D eigenvalue weighted by atomic mass is 9.97. The maximum absolute atomic E-state index is 12.9. The molecule has 1 aliphatic heterocycles. The Hall–Kier alpha value is -2.63. The average molecular weight is 337 g/mol. The number of nitrogens with zero attached hydrogens (tertiary/aromatic N) is 5. The highest BCUT2D eigenvalue weighted by atomic mass is 16.2. The number of amides is 1. The van der Waals surface area contributed by atoms with Crippen molar-refractivity contribution in [1.29, 1.82) is 0 Å². The first-order valence-electron chi connectivity index (χ1n) is 8.76. The molecule has 0 saturated carbocycles. The van der Waals surface area contributed by atoms with Gasteiger partial charge in [-0.05, 0) is 38.3 Å². The van der Waals surface area contributed by atoms with Gasteiger partial charge in [0.25, 0.3) is 5.91 Å². The molecule has 0 aromatic carbocycles. The highest BCUT2D eigenvalue weighted by Gasteiger charge is 2.29. The van der Waals surface area contributed by atoms with E-state index in [1.54, 1.807) is 0 Å². The number of rotatable bonds is 2. The lowest BCUT2D eigenvalue weighted by Gasteiger charge is -2.32. The monoisotopic (exact) mass is 337 g/mol. The van der Waals surface area contributed by atoms with Crippen LogP contribution < -0.4 is 0 Å². The molecule has 3 aromatic rings. The van der Waals surface area contributed by atoms with Crippen molar-refractivity contribution in [2.75, 3.05) is 13.1 Å². The Balaban J connectivity index is 1.57. The molecule has 0 N–H and O–H groups in total. The molecule has 3 aromatic heterocycles. The molecule has 1 unspecified atom stereocenters. The zero-order valence-corrected chi connectivity index (χ0v) is 14.9. The summed E-state index contributed by atoms with van der Waals surface area (Å²) in [6.45, 7) is 5.53. The van der Waals surface area contributed by atoms with Gasteiger partial charge in [0.15, 0.2) is 0 Å². The Kier molecular flexibility index (Phi) is 3.82. The molecular weight excluding hydrogens is 314 g/mol. The molecule has 6 heteroatoms. The fourth-order valence-electron chi connectivity index (χ4n) is 3.75. The minimum atomic E-state index is 0.0111. The summed E-state index contributed by atoms with van der Waals surface area (Å²) in [6, 6.07) is 3.96. The predicted molar refractivity (Wildman–Crippen MR) is 95.8 cm³/mol. The Morgan fingerprint density at radius 3 is 2.76 bits per heavy atom. The summed E-state index contributed by atoms with van der Waals surface area (Å²) in [5, 5.41) is 0. The van der Waals surface area contributed by atoms with E-state index in [0.717, 1.165) is 42.1 Å². The normalized spacial score (nSPS) is 18.0. The summed E-state index contributed by atoms with van der Waals surface area (Å²) in [5.41, 5.74) is 3.49. The van der Waals surface area contributed by atoms with E-state index in [4.69, 9.17) is 0 Å². The maximum Gasteiger partial charge on any atom is 0.274 e. The molecule has 1 atom stereocenters. The summed E-state index contributed by atoms with van der Waals surface area (Å²) in [4.78, 5) is 24.0. The van der Waals surface area contributed by atoms with E-state index in [1.165, 1.54) is 0 Å². The number of carbonyl (C=O) groups is 1. The van der Waals surface area contributed by atoms with Crippen molar-refractivity contribution in [3.05, 3.63) is 53.5 Å². The van der Waals surface area contributed by atoms with E-state index >= 15 is 0 Å². The molecule has 1 amide bonds. The van der Waals surface area contributed by atoms with Gasteiger partial charge in [-0.2, -0.15) is 0 Å². The van der Waals surface area contributed by atoms with E-state index in [-0.39, 0.29) is 11.8 Å². The molecule has 0 spiro atoms. The van der Waals surface area contributed by atoms with Gasteiger partial charge in [0.1, 0.15) is 17.2 Å². The Labute approximate surface area is 147 Å². The Morgan fingerprint density at radius 2 is 2.00 bits per heavy atom. The standard InChI is InChI=1S/C19H23N5O/c1-13-6-7-17-21-16(12-24(17)9-13)19(25)23-8-4-5-15(11-23)18-20-14(2)10-22(18)3/h6-7,9-10,12,15H,4-5,8,11H2,1-3H3. The minimum absolute atomic E-state index is 0.0111. The summed E-state index contributed by atoms with van der Waals surface area (Å²) < 4.78 is 4.01. The predicted octanol–water partition coefficient (Wildman–Crippen LogP) is 2.70. The first-order valence-corrected chi connectivity index (χ1v) is 8.76. The van der Waals surface area contributed by atoms with Gasteiger partial charge >= 0.3 is 0 Å². The van der Waals surface area contributed by atoms with Crippen LogP contribution in [-0.4, -0.2) is 42.8 Å². The third-order valence-electron chi connectivity index (χ3n) is 4.92. The molecule has 6 nitrogen and oxygen atoms in total.